The molecule has 334 valence electrons. The lowest BCUT2D eigenvalue weighted by atomic mass is 10.1. The van der Waals surface area contributed by atoms with Gasteiger partial charge in [-0.3, -0.25) is 9.59 Å². The van der Waals surface area contributed by atoms with Crippen LogP contribution in [0.2, 0.25) is 0 Å². The van der Waals surface area contributed by atoms with Crippen LogP contribution in [0.25, 0.3) is 0 Å². The zero-order chi connectivity index (χ0) is 42.1. The average Bonchev–Trinajstić information content (AvgIpc) is 3.22. The maximum absolute atomic E-state index is 12.7. The zero-order valence-electron chi connectivity index (χ0n) is 38.3. The first kappa shape index (κ1) is 55.3. The van der Waals surface area contributed by atoms with Crippen molar-refractivity contribution in [2.24, 2.45) is 0 Å². The summed E-state index contributed by atoms with van der Waals surface area (Å²) in [5.41, 5.74) is 0. The third-order valence-corrected chi connectivity index (χ3v) is 10.2. The molecule has 0 amide bonds. The predicted octanol–water partition coefficient (Wildman–Crippen LogP) is 16.3. The van der Waals surface area contributed by atoms with E-state index in [1.54, 1.807) is 0 Å². The van der Waals surface area contributed by atoms with Crippen molar-refractivity contribution in [2.45, 2.75) is 232 Å². The summed E-state index contributed by atoms with van der Waals surface area (Å²) in [4.78, 5) is 25.3. The number of carbonyl (C=O) groups excluding carboxylic acids is 2. The molecule has 1 atom stereocenters. The number of ether oxygens (including phenoxy) is 3. The molecule has 0 aromatic heterocycles. The van der Waals surface area contributed by atoms with Gasteiger partial charge in [0.1, 0.15) is 6.61 Å². The minimum absolute atomic E-state index is 0.0703. The molecule has 0 N–H and O–H groups in total. The first-order valence-corrected chi connectivity index (χ1v) is 24.5. The summed E-state index contributed by atoms with van der Waals surface area (Å²) in [6, 6.07) is 0. The normalized spacial score (nSPS) is 12.8. The van der Waals surface area contributed by atoms with Crippen molar-refractivity contribution < 1.29 is 23.8 Å². The van der Waals surface area contributed by atoms with Crippen molar-refractivity contribution in [1.29, 1.82) is 0 Å². The lowest BCUT2D eigenvalue weighted by molar-refractivity contribution is -0.163. The van der Waals surface area contributed by atoms with E-state index in [0.717, 1.165) is 96.3 Å². The first-order valence-electron chi connectivity index (χ1n) is 24.5. The monoisotopic (exact) mass is 809 g/mol. The molecule has 0 heterocycles. The Hall–Kier alpha value is -2.66. The van der Waals surface area contributed by atoms with Crippen LogP contribution in [0.15, 0.2) is 72.9 Å². The smallest absolute Gasteiger partial charge is 0.306 e. The van der Waals surface area contributed by atoms with Crippen molar-refractivity contribution in [1.82, 2.24) is 0 Å². The van der Waals surface area contributed by atoms with Gasteiger partial charge in [-0.1, -0.05) is 203 Å². The zero-order valence-corrected chi connectivity index (χ0v) is 38.3. The standard InChI is InChI=1S/C53H92O5/c1-4-7-10-13-16-19-22-24-26-27-28-29-32-34-37-40-43-46-52(54)57-50-51(58-53(55)47-44-41-38-35-31-21-18-15-12-9-6-3)49-56-48-45-42-39-36-33-30-25-23-20-17-14-11-8-5-2/h7-8,10-11,16-17,19-20,24-26,30,51H,4-6,9,12-15,18,21-23,27-29,31-50H2,1-3H3/b10-7-,11-8-,19-16-,20-17-,26-24-,30-25-. The molecule has 0 saturated heterocycles. The van der Waals surface area contributed by atoms with Crippen LogP contribution in [0.3, 0.4) is 0 Å². The molecule has 0 saturated carbocycles. The summed E-state index contributed by atoms with van der Waals surface area (Å²) in [5.74, 6) is -0.420. The molecular formula is C53H92O5. The topological polar surface area (TPSA) is 61.8 Å². The molecule has 0 fully saturated rings. The van der Waals surface area contributed by atoms with Crippen LogP contribution < -0.4 is 0 Å². The summed E-state index contributed by atoms with van der Waals surface area (Å²) in [6.45, 7) is 7.55. The average molecular weight is 809 g/mol. The van der Waals surface area contributed by atoms with Crippen molar-refractivity contribution in [3.8, 4) is 0 Å². The fourth-order valence-corrected chi connectivity index (χ4v) is 6.66. The van der Waals surface area contributed by atoms with Gasteiger partial charge in [-0.2, -0.15) is 0 Å². The van der Waals surface area contributed by atoms with E-state index in [2.05, 4.69) is 93.7 Å². The number of hydrogen-bond acceptors (Lipinski definition) is 5. The summed E-state index contributed by atoms with van der Waals surface area (Å²) < 4.78 is 17.3. The Labute approximate surface area is 359 Å². The van der Waals surface area contributed by atoms with Gasteiger partial charge >= 0.3 is 11.9 Å². The largest absolute Gasteiger partial charge is 0.462 e. The molecule has 0 aromatic rings. The van der Waals surface area contributed by atoms with Gasteiger partial charge in [-0.25, -0.2) is 0 Å². The van der Waals surface area contributed by atoms with E-state index in [-0.39, 0.29) is 25.2 Å². The Balaban J connectivity index is 4.28. The summed E-state index contributed by atoms with van der Waals surface area (Å²) >= 11 is 0. The second-order valence-corrected chi connectivity index (χ2v) is 16.0. The van der Waals surface area contributed by atoms with Crippen LogP contribution in [-0.4, -0.2) is 37.9 Å². The molecular weight excluding hydrogens is 717 g/mol. The predicted molar refractivity (Wildman–Crippen MR) is 251 cm³/mol. The molecule has 0 aliphatic heterocycles. The highest BCUT2D eigenvalue weighted by Crippen LogP contribution is 2.14. The van der Waals surface area contributed by atoms with Gasteiger partial charge in [-0.15, -0.1) is 0 Å². The molecule has 1 unspecified atom stereocenters. The highest BCUT2D eigenvalue weighted by molar-refractivity contribution is 5.70. The minimum Gasteiger partial charge on any atom is -0.462 e. The summed E-state index contributed by atoms with van der Waals surface area (Å²) in [7, 11) is 0. The fourth-order valence-electron chi connectivity index (χ4n) is 6.66. The molecule has 0 spiro atoms. The van der Waals surface area contributed by atoms with E-state index in [4.69, 9.17) is 14.2 Å². The van der Waals surface area contributed by atoms with E-state index in [9.17, 15) is 9.59 Å². The van der Waals surface area contributed by atoms with E-state index in [1.807, 2.05) is 0 Å². The van der Waals surface area contributed by atoms with Gasteiger partial charge in [0.25, 0.3) is 0 Å². The van der Waals surface area contributed by atoms with Crippen LogP contribution in [0.5, 0.6) is 0 Å². The van der Waals surface area contributed by atoms with E-state index < -0.39 is 6.10 Å². The SMILES string of the molecule is CC/C=C\C/C=C\C/C=C\CCCCCCCCCC(=O)OCC(COCCCCCC/C=C\C/C=C\C/C=C\CC)OC(=O)CCCCCCCCCCCCC. The van der Waals surface area contributed by atoms with Crippen LogP contribution in [0.1, 0.15) is 226 Å². The molecule has 0 aliphatic carbocycles. The highest BCUT2D eigenvalue weighted by atomic mass is 16.6. The molecule has 0 radical (unpaired) electrons. The Morgan fingerprint density at radius 3 is 1.24 bits per heavy atom. The number of allylic oxidation sites excluding steroid dienone is 12. The summed E-state index contributed by atoms with van der Waals surface area (Å²) in [6.07, 6.45) is 61.9. The highest BCUT2D eigenvalue weighted by Gasteiger charge is 2.17. The molecule has 5 heteroatoms. The van der Waals surface area contributed by atoms with Crippen LogP contribution in [0, 0.1) is 0 Å². The fraction of sp³-hybridized carbons (Fsp3) is 0.736. The van der Waals surface area contributed by atoms with Crippen molar-refractivity contribution in [2.75, 3.05) is 19.8 Å². The molecule has 58 heavy (non-hydrogen) atoms. The maximum Gasteiger partial charge on any atom is 0.306 e. The van der Waals surface area contributed by atoms with Crippen molar-refractivity contribution >= 4 is 11.9 Å². The van der Waals surface area contributed by atoms with Crippen molar-refractivity contribution in [3.05, 3.63) is 72.9 Å². The van der Waals surface area contributed by atoms with Gasteiger partial charge in [0.2, 0.25) is 0 Å². The number of carbonyl (C=O) groups is 2. The van der Waals surface area contributed by atoms with Gasteiger partial charge < -0.3 is 14.2 Å². The van der Waals surface area contributed by atoms with E-state index in [0.29, 0.717) is 19.4 Å². The van der Waals surface area contributed by atoms with E-state index >= 15 is 0 Å². The molecule has 0 aromatic carbocycles. The minimum atomic E-state index is -0.551. The van der Waals surface area contributed by atoms with Gasteiger partial charge in [0.05, 0.1) is 6.61 Å². The third-order valence-electron chi connectivity index (χ3n) is 10.2. The molecule has 0 rings (SSSR count). The van der Waals surface area contributed by atoms with E-state index in [1.165, 1.54) is 96.3 Å². The van der Waals surface area contributed by atoms with Gasteiger partial charge in [0.15, 0.2) is 6.10 Å². The Bertz CT molecular complexity index is 1050. The quantitative estimate of drug-likeness (QED) is 0.0348. The van der Waals surface area contributed by atoms with Crippen LogP contribution >= 0.6 is 0 Å². The van der Waals surface area contributed by atoms with Gasteiger partial charge in [0, 0.05) is 19.4 Å². The maximum atomic E-state index is 12.7. The second-order valence-electron chi connectivity index (χ2n) is 16.0. The second kappa shape index (κ2) is 48.7. The number of unbranched alkanes of at least 4 members (excludes halogenated alkanes) is 21. The van der Waals surface area contributed by atoms with Crippen LogP contribution in [0.4, 0.5) is 0 Å². The lowest BCUT2D eigenvalue weighted by Crippen LogP contribution is -2.30. The number of rotatable bonds is 44. The molecule has 0 bridgehead atoms. The number of esters is 2. The molecule has 0 aliphatic rings. The van der Waals surface area contributed by atoms with Gasteiger partial charge in [-0.05, 0) is 83.5 Å². The molecule has 5 nitrogen and oxygen atoms in total. The first-order chi connectivity index (χ1) is 28.6. The van der Waals surface area contributed by atoms with Crippen LogP contribution in [-0.2, 0) is 23.8 Å². The Kier molecular flexibility index (Phi) is 46.5. The Morgan fingerprint density at radius 1 is 0.397 bits per heavy atom. The lowest BCUT2D eigenvalue weighted by Gasteiger charge is -2.18. The Morgan fingerprint density at radius 2 is 0.776 bits per heavy atom. The third kappa shape index (κ3) is 46.0. The number of hydrogen-bond donors (Lipinski definition) is 0. The van der Waals surface area contributed by atoms with Crippen molar-refractivity contribution in [3.63, 3.8) is 0 Å². The summed E-state index contributed by atoms with van der Waals surface area (Å²) in [5, 5.41) is 0.